The van der Waals surface area contributed by atoms with Gasteiger partial charge in [-0.3, -0.25) is 9.52 Å². The van der Waals surface area contributed by atoms with Gasteiger partial charge in [-0.25, -0.2) is 13.4 Å². The number of aryl methyl sites for hydroxylation is 1. The first-order valence-corrected chi connectivity index (χ1v) is 19.0. The molecular formula is C32H44ClN5O8S2. The Balaban J connectivity index is 1.67. The number of ether oxygens (including phenoxy) is 2. The van der Waals surface area contributed by atoms with Crippen molar-refractivity contribution in [2.45, 2.75) is 68.2 Å². The molecule has 0 saturated carbocycles. The lowest BCUT2D eigenvalue weighted by molar-refractivity contribution is -0.00833. The molecule has 0 fully saturated rings. The number of nitrogens with zero attached hydrogens (tertiary/aromatic N) is 4. The molecule has 0 unspecified atom stereocenters. The van der Waals surface area contributed by atoms with Gasteiger partial charge in [0, 0.05) is 56.6 Å². The number of nitrogens with one attached hydrogen (secondary N) is 1. The van der Waals surface area contributed by atoms with E-state index in [4.69, 9.17) is 21.1 Å². The summed E-state index contributed by atoms with van der Waals surface area (Å²) in [7, 11) is -4.80. The second-order valence-electron chi connectivity index (χ2n) is 12.2. The van der Waals surface area contributed by atoms with Crippen LogP contribution in [0.25, 0.3) is 0 Å². The van der Waals surface area contributed by atoms with Gasteiger partial charge in [-0.2, -0.15) is 12.7 Å². The van der Waals surface area contributed by atoms with Gasteiger partial charge in [0.25, 0.3) is 15.9 Å². The summed E-state index contributed by atoms with van der Waals surface area (Å²) in [4.78, 5) is 19.8. The highest BCUT2D eigenvalue weighted by molar-refractivity contribution is 7.92. The summed E-state index contributed by atoms with van der Waals surface area (Å²) in [6.07, 6.45) is 3.93. The van der Waals surface area contributed by atoms with Gasteiger partial charge >= 0.3 is 0 Å². The number of aliphatic hydroxyl groups excluding tert-OH is 1. The number of fused-ring (bicyclic) bond motifs is 1. The summed E-state index contributed by atoms with van der Waals surface area (Å²) < 4.78 is 70.6. The van der Waals surface area contributed by atoms with E-state index in [1.165, 1.54) is 69.7 Å². The highest BCUT2D eigenvalue weighted by atomic mass is 35.5. The van der Waals surface area contributed by atoms with E-state index in [0.29, 0.717) is 24.5 Å². The van der Waals surface area contributed by atoms with Crippen molar-refractivity contribution >= 4 is 43.2 Å². The average Bonchev–Trinajstić information content (AvgIpc) is 3.49. The zero-order chi connectivity index (χ0) is 35.2. The number of anilines is 1. The largest absolute Gasteiger partial charge is 0.490 e. The van der Waals surface area contributed by atoms with E-state index < -0.39 is 38.1 Å². The predicted octanol–water partition coefficient (Wildman–Crippen LogP) is 3.99. The Morgan fingerprint density at radius 3 is 2.48 bits per heavy atom. The van der Waals surface area contributed by atoms with Gasteiger partial charge in [0.1, 0.15) is 5.75 Å². The zero-order valence-corrected chi connectivity index (χ0v) is 30.1. The summed E-state index contributed by atoms with van der Waals surface area (Å²) >= 11 is 5.97. The minimum Gasteiger partial charge on any atom is -0.490 e. The topological polar surface area (TPSA) is 160 Å². The summed E-state index contributed by atoms with van der Waals surface area (Å²) in [6.45, 7) is 5.56. The van der Waals surface area contributed by atoms with Crippen molar-refractivity contribution < 1.29 is 36.2 Å². The molecule has 1 amide bonds. The van der Waals surface area contributed by atoms with Crippen molar-refractivity contribution in [1.29, 1.82) is 0 Å². The van der Waals surface area contributed by atoms with E-state index in [1.807, 2.05) is 13.8 Å². The standard InChI is InChI=1S/C32H44ClN5O8S2/c1-22-17-38(23(2)20-39)32(40)28-16-26(35-47(41,42)31-19-36(4)21-34-31)11-14-29(28)46-24(3)8-6-7-15-45-30(22)18-37(5)48(43,44)27-12-9-25(33)10-13-27/h9-14,16,19,21-24,30,35,39H,6-8,15,17-18,20H2,1-5H3/t22-,23-,24-,30-/m1/s1. The van der Waals surface area contributed by atoms with Crippen LogP contribution in [0.5, 0.6) is 5.75 Å². The van der Waals surface area contributed by atoms with Crippen molar-refractivity contribution in [3.8, 4) is 5.75 Å². The number of likely N-dealkylation sites (N-methyl/N-ethyl adjacent to an activating group) is 1. The minimum atomic E-state index is -4.06. The number of halogens is 1. The second kappa shape index (κ2) is 16.0. The summed E-state index contributed by atoms with van der Waals surface area (Å²) in [5.41, 5.74) is 0.234. The lowest BCUT2D eigenvalue weighted by atomic mass is 10.0. The third-order valence-electron chi connectivity index (χ3n) is 8.22. The van der Waals surface area contributed by atoms with Crippen LogP contribution < -0.4 is 9.46 Å². The smallest absolute Gasteiger partial charge is 0.280 e. The molecule has 2 aromatic carbocycles. The van der Waals surface area contributed by atoms with Crippen LogP contribution in [-0.2, 0) is 31.8 Å². The van der Waals surface area contributed by atoms with Crippen LogP contribution in [-0.4, -0.2) is 98.2 Å². The quantitative estimate of drug-likeness (QED) is 0.333. The SMILES string of the molecule is C[C@@H]1CCCCO[C@H](CN(C)S(=O)(=O)c2ccc(Cl)cc2)[C@H](C)CN([C@H](C)CO)C(=O)c2cc(NS(=O)(=O)c3cn(C)cn3)ccc2O1. The maximum Gasteiger partial charge on any atom is 0.280 e. The van der Waals surface area contributed by atoms with Gasteiger partial charge in [-0.1, -0.05) is 18.5 Å². The number of carbonyl (C=O) groups is 1. The Hall–Kier alpha value is -3.21. The van der Waals surface area contributed by atoms with Crippen molar-refractivity contribution in [1.82, 2.24) is 18.8 Å². The number of rotatable bonds is 9. The summed E-state index contributed by atoms with van der Waals surface area (Å²) in [6, 6.07) is 9.76. The van der Waals surface area contributed by atoms with E-state index in [2.05, 4.69) is 9.71 Å². The van der Waals surface area contributed by atoms with Gasteiger partial charge in [0.15, 0.2) is 5.03 Å². The molecule has 3 aromatic rings. The van der Waals surface area contributed by atoms with Gasteiger partial charge in [0.2, 0.25) is 10.0 Å². The number of benzene rings is 2. The molecular weight excluding hydrogens is 682 g/mol. The number of sulfonamides is 2. The molecule has 0 radical (unpaired) electrons. The molecule has 264 valence electrons. The first-order chi connectivity index (χ1) is 22.6. The molecule has 1 aliphatic heterocycles. The first kappa shape index (κ1) is 37.6. The molecule has 16 heteroatoms. The van der Waals surface area contributed by atoms with Crippen molar-refractivity contribution in [2.24, 2.45) is 13.0 Å². The van der Waals surface area contributed by atoms with E-state index in [1.54, 1.807) is 20.0 Å². The molecule has 48 heavy (non-hydrogen) atoms. The molecule has 4 atom stereocenters. The number of aromatic nitrogens is 2. The van der Waals surface area contributed by atoms with Crippen molar-refractivity contribution in [2.75, 3.05) is 38.1 Å². The first-order valence-electron chi connectivity index (χ1n) is 15.7. The van der Waals surface area contributed by atoms with Crippen LogP contribution in [0.15, 0.2) is 64.9 Å². The molecule has 0 saturated heterocycles. The molecule has 2 N–H and O–H groups in total. The van der Waals surface area contributed by atoms with Crippen LogP contribution >= 0.6 is 11.6 Å². The Labute approximate surface area is 287 Å². The fraction of sp³-hybridized carbons (Fsp3) is 0.500. The summed E-state index contributed by atoms with van der Waals surface area (Å²) in [5, 5.41) is 10.4. The van der Waals surface area contributed by atoms with E-state index in [0.717, 1.165) is 6.42 Å². The molecule has 1 aromatic heterocycles. The van der Waals surface area contributed by atoms with Gasteiger partial charge in [0.05, 0.1) is 41.6 Å². The maximum atomic E-state index is 14.3. The lowest BCUT2D eigenvalue weighted by Crippen LogP contribution is -2.48. The normalized spacial score (nSPS) is 20.9. The van der Waals surface area contributed by atoms with Gasteiger partial charge in [-0.15, -0.1) is 0 Å². The Kier molecular flexibility index (Phi) is 12.5. The van der Waals surface area contributed by atoms with Crippen molar-refractivity contribution in [3.05, 3.63) is 65.6 Å². The third kappa shape index (κ3) is 9.27. The Morgan fingerprint density at radius 1 is 1.12 bits per heavy atom. The molecule has 0 spiro atoms. The van der Waals surface area contributed by atoms with Crippen LogP contribution in [0.2, 0.25) is 5.02 Å². The number of carbonyl (C=O) groups excluding carboxylic acids is 1. The molecule has 4 rings (SSSR count). The maximum absolute atomic E-state index is 14.3. The van der Waals surface area contributed by atoms with Gasteiger partial charge in [-0.05, 0) is 75.6 Å². The number of hydrogen-bond donors (Lipinski definition) is 2. The van der Waals surface area contributed by atoms with E-state index in [-0.39, 0.29) is 58.6 Å². The Morgan fingerprint density at radius 2 is 1.83 bits per heavy atom. The average molecular weight is 726 g/mol. The molecule has 0 bridgehead atoms. The fourth-order valence-corrected chi connectivity index (χ4v) is 7.66. The lowest BCUT2D eigenvalue weighted by Gasteiger charge is -2.35. The predicted molar refractivity (Wildman–Crippen MR) is 182 cm³/mol. The fourth-order valence-electron chi connectivity index (χ4n) is 5.32. The highest BCUT2D eigenvalue weighted by Gasteiger charge is 2.32. The molecule has 2 heterocycles. The molecule has 13 nitrogen and oxygen atoms in total. The third-order valence-corrected chi connectivity index (χ3v) is 11.6. The van der Waals surface area contributed by atoms with Crippen LogP contribution in [0, 0.1) is 5.92 Å². The minimum absolute atomic E-state index is 0.0111. The van der Waals surface area contributed by atoms with E-state index in [9.17, 15) is 26.7 Å². The Bertz CT molecular complexity index is 1770. The zero-order valence-electron chi connectivity index (χ0n) is 27.7. The number of imidazole rings is 1. The van der Waals surface area contributed by atoms with E-state index >= 15 is 0 Å². The van der Waals surface area contributed by atoms with Crippen LogP contribution in [0.3, 0.4) is 0 Å². The molecule has 0 aliphatic carbocycles. The summed E-state index contributed by atoms with van der Waals surface area (Å²) in [5.74, 6) is -0.611. The van der Waals surface area contributed by atoms with Crippen molar-refractivity contribution in [3.63, 3.8) is 0 Å². The second-order valence-corrected chi connectivity index (χ2v) is 16.3. The van der Waals surface area contributed by atoms with Crippen LogP contribution in [0.4, 0.5) is 5.69 Å². The van der Waals surface area contributed by atoms with Crippen LogP contribution in [0.1, 0.15) is 50.4 Å². The molecule has 1 aliphatic rings. The number of aliphatic hydroxyl groups is 1. The van der Waals surface area contributed by atoms with Gasteiger partial charge < -0.3 is 24.0 Å². The number of hydrogen-bond acceptors (Lipinski definition) is 9. The number of amides is 1. The monoisotopic (exact) mass is 725 g/mol. The highest BCUT2D eigenvalue weighted by Crippen LogP contribution is 2.30.